The molecule has 0 saturated carbocycles. The number of aliphatic hydroxyl groups is 1. The van der Waals surface area contributed by atoms with Crippen LogP contribution < -0.4 is 29.6 Å². The maximum Gasteiger partial charge on any atom is 1.00 e. The van der Waals surface area contributed by atoms with Crippen LogP contribution in [0.1, 0.15) is 39.5 Å². The zero-order valence-corrected chi connectivity index (χ0v) is 11.9. The van der Waals surface area contributed by atoms with Crippen LogP contribution in [-0.4, -0.2) is 23.5 Å². The minimum Gasteiger partial charge on any atom is -0.746 e. The molecule has 0 aliphatic heterocycles. The quantitative estimate of drug-likeness (QED) is 0.427. The first-order valence-electron chi connectivity index (χ1n) is 4.56. The monoisotopic (exact) mass is 232 g/mol. The third-order valence-electron chi connectivity index (χ3n) is 2.15. The normalized spacial score (nSPS) is 15.7. The molecule has 0 aromatic rings. The van der Waals surface area contributed by atoms with Gasteiger partial charge < -0.3 is 9.66 Å². The third kappa shape index (κ3) is 6.37. The Kier molecular flexibility index (Phi) is 9.96. The molecule has 0 bridgehead atoms. The van der Waals surface area contributed by atoms with Crippen LogP contribution in [0.3, 0.4) is 0 Å². The van der Waals surface area contributed by atoms with Gasteiger partial charge in [-0.05, 0) is 18.8 Å². The van der Waals surface area contributed by atoms with Gasteiger partial charge in [0.05, 0.1) is 0 Å². The first-order chi connectivity index (χ1) is 5.93. The van der Waals surface area contributed by atoms with Gasteiger partial charge >= 0.3 is 29.6 Å². The van der Waals surface area contributed by atoms with E-state index in [1.54, 1.807) is 6.92 Å². The van der Waals surface area contributed by atoms with Crippen molar-refractivity contribution in [1.29, 1.82) is 0 Å². The molecule has 80 valence electrons. The number of unbranched alkanes of at least 4 members (excludes halogenated alkanes) is 1. The van der Waals surface area contributed by atoms with E-state index in [0.29, 0.717) is 12.8 Å². The molecular formula is C8H17NaO4S. The van der Waals surface area contributed by atoms with Crippen LogP contribution >= 0.6 is 0 Å². The fourth-order valence-corrected chi connectivity index (χ4v) is 2.05. The standard InChI is InChI=1S/C8H18O4S.Na/c1-3-5-6-7(4-2)8(9)13(10,11)12;/h7-9H,3-6H2,1-2H3,(H,10,11,12);/q;+1/p-1. The predicted molar refractivity (Wildman–Crippen MR) is 49.0 cm³/mol. The Bertz CT molecular complexity index is 227. The minimum atomic E-state index is -4.54. The molecule has 0 fully saturated rings. The molecule has 6 heteroatoms. The van der Waals surface area contributed by atoms with E-state index < -0.39 is 21.5 Å². The smallest absolute Gasteiger partial charge is 0.746 e. The Morgan fingerprint density at radius 3 is 2.14 bits per heavy atom. The first kappa shape index (κ1) is 17.3. The average Bonchev–Trinajstić information content (AvgIpc) is 2.04. The van der Waals surface area contributed by atoms with Crippen molar-refractivity contribution < 1.29 is 47.6 Å². The summed E-state index contributed by atoms with van der Waals surface area (Å²) in [4.78, 5) is 0. The zero-order chi connectivity index (χ0) is 10.5. The Hall–Kier alpha value is 0.870. The van der Waals surface area contributed by atoms with Gasteiger partial charge in [-0.25, -0.2) is 8.42 Å². The van der Waals surface area contributed by atoms with E-state index in [2.05, 4.69) is 0 Å². The maximum atomic E-state index is 10.5. The van der Waals surface area contributed by atoms with E-state index in [0.717, 1.165) is 12.8 Å². The molecule has 0 heterocycles. The van der Waals surface area contributed by atoms with Crippen LogP contribution in [-0.2, 0) is 10.1 Å². The van der Waals surface area contributed by atoms with Gasteiger partial charge in [0.25, 0.3) is 0 Å². The van der Waals surface area contributed by atoms with Gasteiger partial charge in [-0.1, -0.05) is 26.7 Å². The molecule has 0 aliphatic carbocycles. The molecule has 1 N–H and O–H groups in total. The van der Waals surface area contributed by atoms with E-state index in [1.807, 2.05) is 6.92 Å². The third-order valence-corrected chi connectivity index (χ3v) is 3.13. The van der Waals surface area contributed by atoms with Crippen LogP contribution in [0, 0.1) is 5.92 Å². The molecule has 0 spiro atoms. The van der Waals surface area contributed by atoms with E-state index in [1.165, 1.54) is 0 Å². The van der Waals surface area contributed by atoms with Gasteiger partial charge in [-0.2, -0.15) is 0 Å². The molecule has 0 amide bonds. The summed E-state index contributed by atoms with van der Waals surface area (Å²) in [5, 5.41) is 9.17. The van der Waals surface area contributed by atoms with E-state index in [9.17, 15) is 18.1 Å². The van der Waals surface area contributed by atoms with Crippen molar-refractivity contribution in [1.82, 2.24) is 0 Å². The van der Waals surface area contributed by atoms with Crippen molar-refractivity contribution in [2.45, 2.75) is 45.0 Å². The summed E-state index contributed by atoms with van der Waals surface area (Å²) in [5.74, 6) is -0.414. The van der Waals surface area contributed by atoms with Crippen molar-refractivity contribution in [3.63, 3.8) is 0 Å². The zero-order valence-electron chi connectivity index (χ0n) is 9.06. The van der Waals surface area contributed by atoms with Gasteiger partial charge in [0.2, 0.25) is 0 Å². The van der Waals surface area contributed by atoms with Crippen molar-refractivity contribution in [2.75, 3.05) is 0 Å². The van der Waals surface area contributed by atoms with Gasteiger partial charge in [0.1, 0.15) is 15.6 Å². The molecule has 0 saturated heterocycles. The molecular weight excluding hydrogens is 215 g/mol. The van der Waals surface area contributed by atoms with Crippen molar-refractivity contribution in [3.05, 3.63) is 0 Å². The summed E-state index contributed by atoms with van der Waals surface area (Å²) in [6.45, 7) is 3.75. The van der Waals surface area contributed by atoms with Gasteiger partial charge in [-0.3, -0.25) is 0 Å². The van der Waals surface area contributed by atoms with E-state index in [4.69, 9.17) is 0 Å². The van der Waals surface area contributed by atoms with Crippen LogP contribution in [0.25, 0.3) is 0 Å². The molecule has 14 heavy (non-hydrogen) atoms. The summed E-state index contributed by atoms with van der Waals surface area (Å²) < 4.78 is 31.5. The first-order valence-corrected chi connectivity index (χ1v) is 6.03. The number of aliphatic hydroxyl groups excluding tert-OH is 1. The molecule has 0 rings (SSSR count). The molecule has 0 aliphatic rings. The predicted octanol–water partition coefficient (Wildman–Crippen LogP) is -1.93. The Morgan fingerprint density at radius 1 is 1.36 bits per heavy atom. The summed E-state index contributed by atoms with van der Waals surface area (Å²) in [6, 6.07) is 0. The van der Waals surface area contributed by atoms with Crippen LogP contribution in [0.4, 0.5) is 0 Å². The van der Waals surface area contributed by atoms with Gasteiger partial charge in [0, 0.05) is 0 Å². The van der Waals surface area contributed by atoms with Crippen molar-refractivity contribution in [3.8, 4) is 0 Å². The second-order valence-corrected chi connectivity index (χ2v) is 4.66. The van der Waals surface area contributed by atoms with Crippen LogP contribution in [0.15, 0.2) is 0 Å². The SMILES string of the molecule is CCCCC(CC)C(O)S(=O)(=O)[O-].[Na+]. The summed E-state index contributed by atoms with van der Waals surface area (Å²) in [6.07, 6.45) is 2.88. The van der Waals surface area contributed by atoms with Crippen LogP contribution in [0.5, 0.6) is 0 Å². The van der Waals surface area contributed by atoms with E-state index >= 15 is 0 Å². The molecule has 2 atom stereocenters. The Labute approximate surface area is 108 Å². The van der Waals surface area contributed by atoms with Gasteiger partial charge in [-0.15, -0.1) is 0 Å². The number of rotatable bonds is 6. The molecule has 0 radical (unpaired) electrons. The topological polar surface area (TPSA) is 77.4 Å². The number of hydrogen-bond acceptors (Lipinski definition) is 4. The fraction of sp³-hybridized carbons (Fsp3) is 1.00. The Morgan fingerprint density at radius 2 is 1.86 bits per heavy atom. The van der Waals surface area contributed by atoms with Crippen molar-refractivity contribution >= 4 is 10.1 Å². The van der Waals surface area contributed by atoms with Crippen molar-refractivity contribution in [2.24, 2.45) is 5.92 Å². The molecule has 2 unspecified atom stereocenters. The van der Waals surface area contributed by atoms with Gasteiger partial charge in [0.15, 0.2) is 0 Å². The maximum absolute atomic E-state index is 10.5. The molecule has 0 aromatic carbocycles. The minimum absolute atomic E-state index is 0. The second kappa shape index (κ2) is 8.07. The molecule has 4 nitrogen and oxygen atoms in total. The number of hydrogen-bond donors (Lipinski definition) is 1. The summed E-state index contributed by atoms with van der Waals surface area (Å²) in [5.41, 5.74) is -1.73. The fourth-order valence-electron chi connectivity index (χ4n) is 1.25. The summed E-state index contributed by atoms with van der Waals surface area (Å²) in [7, 11) is -4.54. The van der Waals surface area contributed by atoms with E-state index in [-0.39, 0.29) is 29.6 Å². The van der Waals surface area contributed by atoms with Crippen LogP contribution in [0.2, 0.25) is 0 Å². The molecule has 0 aromatic heterocycles. The summed E-state index contributed by atoms with van der Waals surface area (Å²) >= 11 is 0. The Balaban J connectivity index is 0. The second-order valence-electron chi connectivity index (χ2n) is 3.19. The average molecular weight is 232 g/mol. The largest absolute Gasteiger partial charge is 1.00 e.